The van der Waals surface area contributed by atoms with E-state index in [1.165, 1.54) is 5.57 Å². The standard InChI is InChI=1S/C8H10IN/c1-3-7-5-4-6-10(2)8(7)9/h3-6,8H,1H2,2H3. The van der Waals surface area contributed by atoms with Crippen molar-refractivity contribution < 1.29 is 0 Å². The summed E-state index contributed by atoms with van der Waals surface area (Å²) in [5.74, 6) is 0. The molecule has 1 unspecified atom stereocenters. The fourth-order valence-electron chi connectivity index (χ4n) is 0.845. The number of hydrogen-bond donors (Lipinski definition) is 0. The van der Waals surface area contributed by atoms with E-state index in [2.05, 4.69) is 53.4 Å². The van der Waals surface area contributed by atoms with Gasteiger partial charge in [0, 0.05) is 13.2 Å². The van der Waals surface area contributed by atoms with Gasteiger partial charge in [0.2, 0.25) is 0 Å². The van der Waals surface area contributed by atoms with Crippen LogP contribution in [0.1, 0.15) is 0 Å². The summed E-state index contributed by atoms with van der Waals surface area (Å²) in [5, 5.41) is 0. The molecule has 0 aromatic heterocycles. The van der Waals surface area contributed by atoms with E-state index in [0.717, 1.165) is 0 Å². The van der Waals surface area contributed by atoms with Gasteiger partial charge >= 0.3 is 0 Å². The fraction of sp³-hybridized carbons (Fsp3) is 0.250. The van der Waals surface area contributed by atoms with Gasteiger partial charge in [-0.3, -0.25) is 0 Å². The minimum Gasteiger partial charge on any atom is -0.365 e. The zero-order valence-electron chi connectivity index (χ0n) is 5.92. The van der Waals surface area contributed by atoms with Crippen molar-refractivity contribution in [1.82, 2.24) is 4.90 Å². The largest absolute Gasteiger partial charge is 0.365 e. The van der Waals surface area contributed by atoms with Crippen molar-refractivity contribution in [2.75, 3.05) is 7.05 Å². The predicted molar refractivity (Wildman–Crippen MR) is 53.0 cm³/mol. The van der Waals surface area contributed by atoms with E-state index in [4.69, 9.17) is 0 Å². The Labute approximate surface area is 75.2 Å². The molecular formula is C8H10IN. The van der Waals surface area contributed by atoms with Crippen LogP contribution in [0.5, 0.6) is 0 Å². The molecule has 1 heterocycles. The van der Waals surface area contributed by atoms with Gasteiger partial charge in [0.25, 0.3) is 0 Å². The van der Waals surface area contributed by atoms with Gasteiger partial charge < -0.3 is 4.90 Å². The minimum atomic E-state index is 0.445. The molecule has 0 aromatic carbocycles. The van der Waals surface area contributed by atoms with Crippen molar-refractivity contribution in [1.29, 1.82) is 0 Å². The molecule has 0 aromatic rings. The lowest BCUT2D eigenvalue weighted by atomic mass is 10.2. The molecule has 1 nitrogen and oxygen atoms in total. The summed E-state index contributed by atoms with van der Waals surface area (Å²) in [5.41, 5.74) is 1.27. The Hall–Kier alpha value is -0.250. The maximum Gasteiger partial charge on any atom is 0.105 e. The summed E-state index contributed by atoms with van der Waals surface area (Å²) >= 11 is 2.38. The van der Waals surface area contributed by atoms with Gasteiger partial charge in [-0.1, -0.05) is 41.3 Å². The molecule has 2 heteroatoms. The minimum absolute atomic E-state index is 0.445. The first-order valence-corrected chi connectivity index (χ1v) is 4.37. The Balaban J connectivity index is 2.81. The van der Waals surface area contributed by atoms with Crippen molar-refractivity contribution in [2.24, 2.45) is 0 Å². The predicted octanol–water partition coefficient (Wildman–Crippen LogP) is 2.32. The lowest BCUT2D eigenvalue weighted by Crippen LogP contribution is -2.23. The maximum atomic E-state index is 3.74. The summed E-state index contributed by atoms with van der Waals surface area (Å²) in [7, 11) is 2.06. The maximum absolute atomic E-state index is 3.74. The van der Waals surface area contributed by atoms with Crippen LogP contribution in [-0.4, -0.2) is 16.0 Å². The number of rotatable bonds is 1. The topological polar surface area (TPSA) is 3.24 Å². The zero-order chi connectivity index (χ0) is 7.56. The van der Waals surface area contributed by atoms with Crippen LogP contribution in [-0.2, 0) is 0 Å². The highest BCUT2D eigenvalue weighted by Gasteiger charge is 2.11. The van der Waals surface area contributed by atoms with Gasteiger partial charge in [-0.15, -0.1) is 0 Å². The smallest absolute Gasteiger partial charge is 0.105 e. The Bertz CT molecular complexity index is 193. The van der Waals surface area contributed by atoms with Gasteiger partial charge in [-0.2, -0.15) is 0 Å². The van der Waals surface area contributed by atoms with Crippen molar-refractivity contribution in [2.45, 2.75) is 4.05 Å². The van der Waals surface area contributed by atoms with Crippen LogP contribution in [0.2, 0.25) is 0 Å². The molecular weight excluding hydrogens is 237 g/mol. The summed E-state index contributed by atoms with van der Waals surface area (Å²) in [6.45, 7) is 3.74. The van der Waals surface area contributed by atoms with Crippen LogP contribution in [0.15, 0.2) is 36.6 Å². The molecule has 0 saturated heterocycles. The number of likely N-dealkylation sites (N-methyl/N-ethyl adjacent to an activating group) is 1. The quantitative estimate of drug-likeness (QED) is 0.390. The third-order valence-electron chi connectivity index (χ3n) is 1.48. The van der Waals surface area contributed by atoms with Crippen LogP contribution in [0, 0.1) is 0 Å². The monoisotopic (exact) mass is 247 g/mol. The third kappa shape index (κ3) is 1.42. The summed E-state index contributed by atoms with van der Waals surface area (Å²) < 4.78 is 0.445. The Morgan fingerprint density at radius 3 is 3.00 bits per heavy atom. The number of halogens is 1. The highest BCUT2D eigenvalue weighted by Crippen LogP contribution is 2.20. The van der Waals surface area contributed by atoms with Crippen molar-refractivity contribution in [3.63, 3.8) is 0 Å². The van der Waals surface area contributed by atoms with E-state index in [-0.39, 0.29) is 0 Å². The van der Waals surface area contributed by atoms with E-state index in [1.54, 1.807) is 0 Å². The summed E-state index contributed by atoms with van der Waals surface area (Å²) in [6, 6.07) is 0. The second kappa shape index (κ2) is 3.23. The van der Waals surface area contributed by atoms with Crippen LogP contribution in [0.25, 0.3) is 0 Å². The van der Waals surface area contributed by atoms with E-state index in [1.807, 2.05) is 12.2 Å². The second-order valence-corrected chi connectivity index (χ2v) is 3.39. The van der Waals surface area contributed by atoms with E-state index >= 15 is 0 Å². The van der Waals surface area contributed by atoms with Crippen molar-refractivity contribution in [3.05, 3.63) is 36.6 Å². The molecule has 1 atom stereocenters. The first kappa shape index (κ1) is 7.85. The molecule has 0 N–H and O–H groups in total. The molecule has 1 rings (SSSR count). The fourth-order valence-corrected chi connectivity index (χ4v) is 1.49. The summed E-state index contributed by atoms with van der Waals surface area (Å²) in [6.07, 6.45) is 8.08. The molecule has 54 valence electrons. The van der Waals surface area contributed by atoms with Crippen molar-refractivity contribution >= 4 is 22.6 Å². The average Bonchev–Trinajstić information content (AvgIpc) is 1.95. The number of allylic oxidation sites excluding steroid dienone is 2. The molecule has 0 saturated carbocycles. The zero-order valence-corrected chi connectivity index (χ0v) is 8.08. The highest BCUT2D eigenvalue weighted by molar-refractivity contribution is 14.1. The SMILES string of the molecule is C=CC1=CC=CN(C)C1I. The van der Waals surface area contributed by atoms with Crippen LogP contribution in [0.4, 0.5) is 0 Å². The van der Waals surface area contributed by atoms with Crippen LogP contribution < -0.4 is 0 Å². The summed E-state index contributed by atoms with van der Waals surface area (Å²) in [4.78, 5) is 2.15. The second-order valence-electron chi connectivity index (χ2n) is 2.21. The molecule has 10 heavy (non-hydrogen) atoms. The molecule has 1 aliphatic heterocycles. The van der Waals surface area contributed by atoms with E-state index in [0.29, 0.717) is 4.05 Å². The first-order valence-electron chi connectivity index (χ1n) is 3.12. The van der Waals surface area contributed by atoms with Crippen molar-refractivity contribution in [3.8, 4) is 0 Å². The van der Waals surface area contributed by atoms with E-state index in [9.17, 15) is 0 Å². The molecule has 0 fully saturated rings. The average molecular weight is 247 g/mol. The Kier molecular flexibility index (Phi) is 2.54. The lowest BCUT2D eigenvalue weighted by molar-refractivity contribution is 0.478. The lowest BCUT2D eigenvalue weighted by Gasteiger charge is -2.24. The molecule has 1 aliphatic rings. The molecule has 0 radical (unpaired) electrons. The molecule has 0 spiro atoms. The third-order valence-corrected chi connectivity index (χ3v) is 3.08. The molecule has 0 amide bonds. The van der Waals surface area contributed by atoms with Crippen LogP contribution >= 0.6 is 22.6 Å². The number of hydrogen-bond acceptors (Lipinski definition) is 1. The van der Waals surface area contributed by atoms with Gasteiger partial charge in [0.15, 0.2) is 0 Å². The number of alkyl halides is 1. The Morgan fingerprint density at radius 2 is 2.50 bits per heavy atom. The molecule has 0 bridgehead atoms. The highest BCUT2D eigenvalue weighted by atomic mass is 127. The van der Waals surface area contributed by atoms with Gasteiger partial charge in [0.1, 0.15) is 4.05 Å². The number of nitrogens with zero attached hydrogens (tertiary/aromatic N) is 1. The van der Waals surface area contributed by atoms with Gasteiger partial charge in [0.05, 0.1) is 0 Å². The van der Waals surface area contributed by atoms with Gasteiger partial charge in [-0.05, 0) is 11.6 Å². The normalized spacial score (nSPS) is 24.4. The van der Waals surface area contributed by atoms with Gasteiger partial charge in [-0.25, -0.2) is 0 Å². The molecule has 0 aliphatic carbocycles. The van der Waals surface area contributed by atoms with E-state index < -0.39 is 0 Å². The first-order chi connectivity index (χ1) is 4.75. The van der Waals surface area contributed by atoms with Crippen LogP contribution in [0.3, 0.4) is 0 Å². The Morgan fingerprint density at radius 1 is 1.80 bits per heavy atom.